The minimum Gasteiger partial charge on any atom is -0.496 e. The summed E-state index contributed by atoms with van der Waals surface area (Å²) in [7, 11) is 3.39. The number of methoxy groups -OCH3 is 1. The maximum absolute atomic E-state index is 11.4. The van der Waals surface area contributed by atoms with Crippen molar-refractivity contribution in [2.45, 2.75) is 45.3 Å². The predicted octanol–water partition coefficient (Wildman–Crippen LogP) is -0.0784. The second-order valence-corrected chi connectivity index (χ2v) is 6.20. The number of likely N-dealkylation sites (N-methyl/N-ethyl adjacent to an activating group) is 1. The Labute approximate surface area is 132 Å². The third-order valence-electron chi connectivity index (χ3n) is 3.91. The van der Waals surface area contributed by atoms with Gasteiger partial charge in [-0.3, -0.25) is 9.78 Å². The van der Waals surface area contributed by atoms with Crippen molar-refractivity contribution in [3.8, 4) is 5.75 Å². The average molecular weight is 308 g/mol. The van der Waals surface area contributed by atoms with Crippen molar-refractivity contribution in [1.29, 1.82) is 0 Å². The number of nitrogens with zero attached hydrogens (tertiary/aromatic N) is 1. The lowest BCUT2D eigenvalue weighted by molar-refractivity contribution is -0.120. The molecular formula is C15H25BN2O4. The fourth-order valence-corrected chi connectivity index (χ4v) is 1.61. The van der Waals surface area contributed by atoms with Crippen LogP contribution in [-0.2, 0) is 15.9 Å². The molecule has 1 heterocycles. The Morgan fingerprint density at radius 2 is 2.05 bits per heavy atom. The first-order chi connectivity index (χ1) is 10.1. The van der Waals surface area contributed by atoms with Gasteiger partial charge in [0.1, 0.15) is 5.75 Å². The fraction of sp³-hybridized carbons (Fsp3) is 0.600. The smallest absolute Gasteiger partial charge is 0.313 e. The molecule has 1 aromatic rings. The third kappa shape index (κ3) is 4.71. The summed E-state index contributed by atoms with van der Waals surface area (Å²) in [6, 6.07) is 1.79. The Morgan fingerprint density at radius 1 is 1.41 bits per heavy atom. The van der Waals surface area contributed by atoms with E-state index >= 15 is 0 Å². The van der Waals surface area contributed by atoms with Crippen LogP contribution in [0.2, 0.25) is 0 Å². The molecule has 1 aromatic heterocycles. The van der Waals surface area contributed by atoms with E-state index in [4.69, 9.17) is 9.39 Å². The number of aromatic nitrogens is 1. The zero-order chi connectivity index (χ0) is 17.0. The van der Waals surface area contributed by atoms with Gasteiger partial charge in [-0.1, -0.05) is 0 Å². The van der Waals surface area contributed by atoms with Gasteiger partial charge < -0.3 is 19.8 Å². The standard InChI is InChI=1S/C15H25BN2O4/c1-14(2,20)15(3,4)22-16-11-7-10(8-13(19)17-5)18-9-12(11)21-6/h7,9,16,20H,8H2,1-6H3,(H,17,19). The van der Waals surface area contributed by atoms with E-state index in [0.29, 0.717) is 11.4 Å². The highest BCUT2D eigenvalue weighted by Crippen LogP contribution is 2.24. The van der Waals surface area contributed by atoms with Crippen molar-refractivity contribution >= 4 is 18.9 Å². The molecule has 0 aromatic carbocycles. The molecule has 0 saturated heterocycles. The SMILES string of the molecule is CNC(=O)Cc1cc(BOC(C)(C)C(C)(C)O)c(OC)cn1. The molecule has 0 aliphatic rings. The van der Waals surface area contributed by atoms with E-state index in [9.17, 15) is 9.90 Å². The minimum atomic E-state index is -0.988. The molecule has 0 fully saturated rings. The molecule has 2 N–H and O–H groups in total. The first-order valence-corrected chi connectivity index (χ1v) is 7.19. The Hall–Kier alpha value is -1.60. The summed E-state index contributed by atoms with van der Waals surface area (Å²) in [6.07, 6.45) is 1.77. The Morgan fingerprint density at radius 3 is 2.55 bits per heavy atom. The van der Waals surface area contributed by atoms with Gasteiger partial charge in [-0.25, -0.2) is 0 Å². The van der Waals surface area contributed by atoms with Crippen LogP contribution in [-0.4, -0.2) is 48.8 Å². The second-order valence-electron chi connectivity index (χ2n) is 6.20. The van der Waals surface area contributed by atoms with E-state index in [0.717, 1.165) is 5.46 Å². The molecule has 0 bridgehead atoms. The summed E-state index contributed by atoms with van der Waals surface area (Å²) in [5.74, 6) is 0.480. The molecule has 0 atom stereocenters. The largest absolute Gasteiger partial charge is 0.496 e. The number of hydrogen-bond acceptors (Lipinski definition) is 5. The molecule has 7 heteroatoms. The van der Waals surface area contributed by atoms with Crippen molar-refractivity contribution in [2.24, 2.45) is 0 Å². The van der Waals surface area contributed by atoms with Gasteiger partial charge in [-0.15, -0.1) is 0 Å². The first-order valence-electron chi connectivity index (χ1n) is 7.19. The topological polar surface area (TPSA) is 80.7 Å². The van der Waals surface area contributed by atoms with Crippen molar-refractivity contribution in [3.05, 3.63) is 18.0 Å². The van der Waals surface area contributed by atoms with Crippen LogP contribution in [0.15, 0.2) is 12.3 Å². The molecule has 0 aliphatic heterocycles. The molecule has 1 amide bonds. The molecule has 1 rings (SSSR count). The van der Waals surface area contributed by atoms with E-state index in [1.807, 2.05) is 13.8 Å². The van der Waals surface area contributed by atoms with Crippen LogP contribution in [0.3, 0.4) is 0 Å². The number of carbonyl (C=O) groups excluding carboxylic acids is 1. The van der Waals surface area contributed by atoms with Gasteiger partial charge in [0.25, 0.3) is 0 Å². The highest BCUT2D eigenvalue weighted by molar-refractivity contribution is 6.48. The maximum Gasteiger partial charge on any atom is 0.313 e. The summed E-state index contributed by atoms with van der Waals surface area (Å²) in [6.45, 7) is 7.06. The molecule has 0 aliphatic carbocycles. The van der Waals surface area contributed by atoms with Crippen LogP contribution < -0.4 is 15.5 Å². The van der Waals surface area contributed by atoms with Crippen LogP contribution in [0.25, 0.3) is 0 Å². The molecule has 0 saturated carbocycles. The Kier molecular flexibility index (Phi) is 5.96. The van der Waals surface area contributed by atoms with Crippen LogP contribution in [0.4, 0.5) is 0 Å². The summed E-state index contributed by atoms with van der Waals surface area (Å²) >= 11 is 0. The third-order valence-corrected chi connectivity index (χ3v) is 3.91. The lowest BCUT2D eigenvalue weighted by Crippen LogP contribution is -2.49. The predicted molar refractivity (Wildman–Crippen MR) is 86.8 cm³/mol. The number of aliphatic hydroxyl groups is 1. The number of ether oxygens (including phenoxy) is 1. The molecule has 22 heavy (non-hydrogen) atoms. The minimum absolute atomic E-state index is 0.110. The quantitative estimate of drug-likeness (QED) is 0.689. The lowest BCUT2D eigenvalue weighted by atomic mass is 9.82. The number of carbonyl (C=O) groups is 1. The van der Waals surface area contributed by atoms with E-state index in [2.05, 4.69) is 10.3 Å². The number of rotatable bonds is 7. The summed E-state index contributed by atoms with van der Waals surface area (Å²) < 4.78 is 11.1. The molecule has 122 valence electrons. The van der Waals surface area contributed by atoms with Crippen molar-refractivity contribution in [2.75, 3.05) is 14.2 Å². The summed E-state index contributed by atoms with van der Waals surface area (Å²) in [5, 5.41) is 12.7. The molecule has 0 spiro atoms. The average Bonchev–Trinajstić information content (AvgIpc) is 2.44. The molecule has 0 radical (unpaired) electrons. The molecule has 6 nitrogen and oxygen atoms in total. The van der Waals surface area contributed by atoms with E-state index < -0.39 is 11.2 Å². The monoisotopic (exact) mass is 308 g/mol. The van der Waals surface area contributed by atoms with Crippen LogP contribution >= 0.6 is 0 Å². The highest BCUT2D eigenvalue weighted by atomic mass is 16.5. The number of hydrogen-bond donors (Lipinski definition) is 2. The van der Waals surface area contributed by atoms with Crippen LogP contribution in [0.1, 0.15) is 33.4 Å². The van der Waals surface area contributed by atoms with Gasteiger partial charge in [0.2, 0.25) is 5.91 Å². The van der Waals surface area contributed by atoms with Crippen molar-refractivity contribution < 1.29 is 19.3 Å². The van der Waals surface area contributed by atoms with Gasteiger partial charge in [-0.05, 0) is 39.2 Å². The Bertz CT molecular complexity index is 527. The van der Waals surface area contributed by atoms with Crippen molar-refractivity contribution in [1.82, 2.24) is 10.3 Å². The van der Waals surface area contributed by atoms with Gasteiger partial charge in [0.15, 0.2) is 0 Å². The van der Waals surface area contributed by atoms with E-state index in [1.54, 1.807) is 40.3 Å². The summed E-state index contributed by atoms with van der Waals surface area (Å²) in [4.78, 5) is 15.6. The summed E-state index contributed by atoms with van der Waals surface area (Å²) in [5.41, 5.74) is -0.297. The number of amides is 1. The fourth-order valence-electron chi connectivity index (χ4n) is 1.61. The van der Waals surface area contributed by atoms with Gasteiger partial charge in [-0.2, -0.15) is 0 Å². The first kappa shape index (κ1) is 18.5. The van der Waals surface area contributed by atoms with Crippen LogP contribution in [0.5, 0.6) is 5.75 Å². The maximum atomic E-state index is 11.4. The zero-order valence-corrected chi connectivity index (χ0v) is 14.2. The molecular weight excluding hydrogens is 283 g/mol. The second kappa shape index (κ2) is 7.11. The Balaban J connectivity index is 2.92. The highest BCUT2D eigenvalue weighted by Gasteiger charge is 2.35. The van der Waals surface area contributed by atoms with Crippen LogP contribution in [0, 0.1) is 0 Å². The van der Waals surface area contributed by atoms with Crippen molar-refractivity contribution in [3.63, 3.8) is 0 Å². The lowest BCUT2D eigenvalue weighted by Gasteiger charge is -2.37. The van der Waals surface area contributed by atoms with E-state index in [1.165, 1.54) is 0 Å². The van der Waals surface area contributed by atoms with Gasteiger partial charge >= 0.3 is 7.48 Å². The van der Waals surface area contributed by atoms with Gasteiger partial charge in [0.05, 0.1) is 30.9 Å². The van der Waals surface area contributed by atoms with E-state index in [-0.39, 0.29) is 19.8 Å². The molecule has 0 unspecified atom stereocenters. The number of nitrogens with one attached hydrogen (secondary N) is 1. The normalized spacial score (nSPS) is 12.0. The zero-order valence-electron chi connectivity index (χ0n) is 14.2. The van der Waals surface area contributed by atoms with Gasteiger partial charge in [0, 0.05) is 12.7 Å². The number of pyridine rings is 1.